The molecule has 0 saturated carbocycles. The first kappa shape index (κ1) is 15.9. The molecule has 1 heterocycles. The quantitative estimate of drug-likeness (QED) is 0.842. The molecule has 0 spiro atoms. The van der Waals surface area contributed by atoms with Crippen LogP contribution in [-0.2, 0) is 0 Å². The average Bonchev–Trinajstić information content (AvgIpc) is 2.47. The molecule has 0 aliphatic carbocycles. The van der Waals surface area contributed by atoms with E-state index in [2.05, 4.69) is 20.8 Å². The maximum Gasteiger partial charge on any atom is 0.257 e. The van der Waals surface area contributed by atoms with Crippen LogP contribution in [0.1, 0.15) is 50.9 Å². The Labute approximate surface area is 128 Å². The summed E-state index contributed by atoms with van der Waals surface area (Å²) in [6, 6.07) is 7.56. The zero-order valence-electron chi connectivity index (χ0n) is 13.7. The van der Waals surface area contributed by atoms with E-state index in [-0.39, 0.29) is 11.3 Å². The van der Waals surface area contributed by atoms with Crippen molar-refractivity contribution in [1.82, 2.24) is 4.90 Å². The molecule has 0 N–H and O–H groups in total. The molecule has 1 aliphatic heterocycles. The normalized spacial score (nSPS) is 19.4. The van der Waals surface area contributed by atoms with Crippen LogP contribution in [0.4, 0.5) is 0 Å². The summed E-state index contributed by atoms with van der Waals surface area (Å²) >= 11 is 0. The summed E-state index contributed by atoms with van der Waals surface area (Å²) in [5.41, 5.74) is 0.937. The molecule has 1 aromatic carbocycles. The molecule has 2 rings (SSSR count). The molecule has 0 unspecified atom stereocenters. The van der Waals surface area contributed by atoms with E-state index >= 15 is 0 Å². The maximum absolute atomic E-state index is 12.8. The van der Waals surface area contributed by atoms with Crippen molar-refractivity contribution in [2.75, 3.05) is 19.7 Å². The van der Waals surface area contributed by atoms with Gasteiger partial charge in [-0.05, 0) is 43.2 Å². The van der Waals surface area contributed by atoms with Gasteiger partial charge < -0.3 is 9.64 Å². The molecule has 1 aromatic rings. The zero-order chi connectivity index (χ0) is 15.5. The highest BCUT2D eigenvalue weighted by atomic mass is 16.5. The molecule has 21 heavy (non-hydrogen) atoms. The fourth-order valence-corrected chi connectivity index (χ4v) is 2.96. The SMILES string of the molecule is CCOc1ccccc1C(=O)N1CCC[C@H](C(C)(C)C)C1. The van der Waals surface area contributed by atoms with Gasteiger partial charge in [-0.25, -0.2) is 0 Å². The summed E-state index contributed by atoms with van der Waals surface area (Å²) in [5.74, 6) is 1.37. The average molecular weight is 289 g/mol. The lowest BCUT2D eigenvalue weighted by Crippen LogP contribution is -2.43. The number of piperidine rings is 1. The lowest BCUT2D eigenvalue weighted by Gasteiger charge is -2.39. The Morgan fingerprint density at radius 3 is 2.71 bits per heavy atom. The molecule has 0 bridgehead atoms. The van der Waals surface area contributed by atoms with Crippen molar-refractivity contribution in [2.45, 2.75) is 40.5 Å². The van der Waals surface area contributed by atoms with Gasteiger partial charge in [0.2, 0.25) is 0 Å². The van der Waals surface area contributed by atoms with E-state index in [0.717, 1.165) is 19.5 Å². The largest absolute Gasteiger partial charge is 0.493 e. The standard InChI is InChI=1S/C18H27NO2/c1-5-21-16-11-7-6-10-15(16)17(20)19-12-8-9-14(13-19)18(2,3)4/h6-7,10-11,14H,5,8-9,12-13H2,1-4H3/t14-/m0/s1. The van der Waals surface area contributed by atoms with Crippen LogP contribution in [0.25, 0.3) is 0 Å². The predicted molar refractivity (Wildman–Crippen MR) is 85.7 cm³/mol. The van der Waals surface area contributed by atoms with Gasteiger partial charge in [0, 0.05) is 13.1 Å². The Kier molecular flexibility index (Phi) is 4.92. The van der Waals surface area contributed by atoms with Crippen LogP contribution in [0, 0.1) is 11.3 Å². The second kappa shape index (κ2) is 6.50. The third kappa shape index (κ3) is 3.78. The van der Waals surface area contributed by atoms with Crippen molar-refractivity contribution in [3.63, 3.8) is 0 Å². The predicted octanol–water partition coefficient (Wildman–Crippen LogP) is 3.98. The Morgan fingerprint density at radius 2 is 2.05 bits per heavy atom. The van der Waals surface area contributed by atoms with E-state index in [1.807, 2.05) is 36.1 Å². The van der Waals surface area contributed by atoms with Gasteiger partial charge in [0.05, 0.1) is 12.2 Å². The molecule has 1 aliphatic rings. The van der Waals surface area contributed by atoms with E-state index in [1.165, 1.54) is 6.42 Å². The number of carbonyl (C=O) groups is 1. The molecule has 116 valence electrons. The van der Waals surface area contributed by atoms with Gasteiger partial charge >= 0.3 is 0 Å². The molecule has 1 saturated heterocycles. The van der Waals surface area contributed by atoms with Crippen LogP contribution >= 0.6 is 0 Å². The second-order valence-electron chi connectivity index (χ2n) is 6.89. The maximum atomic E-state index is 12.8. The van der Waals surface area contributed by atoms with Gasteiger partial charge in [0.1, 0.15) is 5.75 Å². The zero-order valence-corrected chi connectivity index (χ0v) is 13.7. The number of amides is 1. The number of para-hydroxylation sites is 1. The molecule has 1 fully saturated rings. The molecular weight excluding hydrogens is 262 g/mol. The lowest BCUT2D eigenvalue weighted by atomic mass is 9.76. The van der Waals surface area contributed by atoms with E-state index in [9.17, 15) is 4.79 Å². The number of benzene rings is 1. The number of hydrogen-bond acceptors (Lipinski definition) is 2. The van der Waals surface area contributed by atoms with E-state index in [0.29, 0.717) is 23.8 Å². The van der Waals surface area contributed by atoms with Gasteiger partial charge in [-0.3, -0.25) is 4.79 Å². The molecule has 1 atom stereocenters. The molecule has 3 nitrogen and oxygen atoms in total. The van der Waals surface area contributed by atoms with Crippen molar-refractivity contribution < 1.29 is 9.53 Å². The summed E-state index contributed by atoms with van der Waals surface area (Å²) in [6.45, 7) is 11.0. The Morgan fingerprint density at radius 1 is 1.33 bits per heavy atom. The first-order valence-electron chi connectivity index (χ1n) is 7.94. The molecule has 1 amide bonds. The third-order valence-corrected chi connectivity index (χ3v) is 4.35. The van der Waals surface area contributed by atoms with E-state index in [4.69, 9.17) is 4.74 Å². The first-order chi connectivity index (χ1) is 9.93. The molecule has 0 radical (unpaired) electrons. The fourth-order valence-electron chi connectivity index (χ4n) is 2.96. The number of nitrogens with zero attached hydrogens (tertiary/aromatic N) is 1. The van der Waals surface area contributed by atoms with Crippen molar-refractivity contribution in [3.8, 4) is 5.75 Å². The Bertz CT molecular complexity index is 490. The summed E-state index contributed by atoms with van der Waals surface area (Å²) in [7, 11) is 0. The highest BCUT2D eigenvalue weighted by Gasteiger charge is 2.32. The van der Waals surface area contributed by atoms with Crippen LogP contribution in [0.15, 0.2) is 24.3 Å². The highest BCUT2D eigenvalue weighted by molar-refractivity contribution is 5.97. The van der Waals surface area contributed by atoms with Gasteiger partial charge in [-0.2, -0.15) is 0 Å². The van der Waals surface area contributed by atoms with Crippen molar-refractivity contribution in [1.29, 1.82) is 0 Å². The summed E-state index contributed by atoms with van der Waals surface area (Å²) in [6.07, 6.45) is 2.30. The summed E-state index contributed by atoms with van der Waals surface area (Å²) in [4.78, 5) is 14.8. The van der Waals surface area contributed by atoms with E-state index in [1.54, 1.807) is 0 Å². The summed E-state index contributed by atoms with van der Waals surface area (Å²) in [5, 5.41) is 0. The van der Waals surface area contributed by atoms with Crippen LogP contribution in [0.2, 0.25) is 0 Å². The van der Waals surface area contributed by atoms with Crippen LogP contribution in [0.5, 0.6) is 5.75 Å². The first-order valence-corrected chi connectivity index (χ1v) is 7.94. The molecular formula is C18H27NO2. The minimum atomic E-state index is 0.105. The topological polar surface area (TPSA) is 29.5 Å². The Balaban J connectivity index is 2.16. The number of rotatable bonds is 3. The number of hydrogen-bond donors (Lipinski definition) is 0. The minimum absolute atomic E-state index is 0.105. The Hall–Kier alpha value is -1.51. The molecule has 3 heteroatoms. The van der Waals surface area contributed by atoms with Crippen LogP contribution < -0.4 is 4.74 Å². The number of carbonyl (C=O) groups excluding carboxylic acids is 1. The van der Waals surface area contributed by atoms with E-state index < -0.39 is 0 Å². The third-order valence-electron chi connectivity index (χ3n) is 4.35. The van der Waals surface area contributed by atoms with Crippen molar-refractivity contribution in [2.24, 2.45) is 11.3 Å². The smallest absolute Gasteiger partial charge is 0.257 e. The van der Waals surface area contributed by atoms with Crippen molar-refractivity contribution >= 4 is 5.91 Å². The van der Waals surface area contributed by atoms with Crippen molar-refractivity contribution in [3.05, 3.63) is 29.8 Å². The monoisotopic (exact) mass is 289 g/mol. The number of likely N-dealkylation sites (tertiary alicyclic amines) is 1. The van der Waals surface area contributed by atoms with Crippen LogP contribution in [0.3, 0.4) is 0 Å². The van der Waals surface area contributed by atoms with Crippen LogP contribution in [-0.4, -0.2) is 30.5 Å². The van der Waals surface area contributed by atoms with Gasteiger partial charge in [-0.15, -0.1) is 0 Å². The van der Waals surface area contributed by atoms with Gasteiger partial charge in [0.15, 0.2) is 0 Å². The van der Waals surface area contributed by atoms with Gasteiger partial charge in [-0.1, -0.05) is 32.9 Å². The van der Waals surface area contributed by atoms with Gasteiger partial charge in [0.25, 0.3) is 5.91 Å². The highest BCUT2D eigenvalue weighted by Crippen LogP contribution is 2.34. The number of ether oxygens (including phenoxy) is 1. The molecule has 0 aromatic heterocycles. The second-order valence-corrected chi connectivity index (χ2v) is 6.89. The lowest BCUT2D eigenvalue weighted by molar-refractivity contribution is 0.0559. The fraction of sp³-hybridized carbons (Fsp3) is 0.611. The summed E-state index contributed by atoms with van der Waals surface area (Å²) < 4.78 is 5.60. The minimum Gasteiger partial charge on any atom is -0.493 e.